The first-order valence-corrected chi connectivity index (χ1v) is 7.49. The molecular formula is C17H15N5O2. The summed E-state index contributed by atoms with van der Waals surface area (Å²) in [5.74, 6) is 0.400. The molecule has 0 unspecified atom stereocenters. The van der Waals surface area contributed by atoms with Crippen LogP contribution in [-0.2, 0) is 13.6 Å². The average molecular weight is 321 g/mol. The lowest BCUT2D eigenvalue weighted by molar-refractivity contribution is 0.0946. The molecule has 0 aliphatic carbocycles. The van der Waals surface area contributed by atoms with Crippen LogP contribution in [0.5, 0.6) is 0 Å². The molecule has 4 aromatic rings. The van der Waals surface area contributed by atoms with Crippen LogP contribution in [0.25, 0.3) is 22.4 Å². The molecule has 0 fully saturated rings. The minimum absolute atomic E-state index is 0.242. The maximum atomic E-state index is 12.2. The van der Waals surface area contributed by atoms with E-state index in [-0.39, 0.29) is 5.91 Å². The van der Waals surface area contributed by atoms with Crippen LogP contribution in [-0.4, -0.2) is 25.9 Å². The zero-order chi connectivity index (χ0) is 16.5. The third-order valence-electron chi connectivity index (χ3n) is 3.86. The molecule has 7 heteroatoms. The van der Waals surface area contributed by atoms with E-state index in [1.165, 1.54) is 0 Å². The van der Waals surface area contributed by atoms with Crippen molar-refractivity contribution < 1.29 is 9.21 Å². The number of nitrogens with zero attached hydrogens (tertiary/aromatic N) is 3. The molecule has 1 amide bonds. The van der Waals surface area contributed by atoms with Crippen LogP contribution in [0.1, 0.15) is 16.1 Å². The third-order valence-corrected chi connectivity index (χ3v) is 3.86. The smallest absolute Gasteiger partial charge is 0.272 e. The van der Waals surface area contributed by atoms with Gasteiger partial charge in [0, 0.05) is 25.0 Å². The number of nitrogens with one attached hydrogen (secondary N) is 2. The van der Waals surface area contributed by atoms with Crippen molar-refractivity contribution >= 4 is 16.8 Å². The quantitative estimate of drug-likeness (QED) is 0.604. The number of carbonyl (C=O) groups excluding carboxylic acids is 1. The van der Waals surface area contributed by atoms with Crippen molar-refractivity contribution in [2.45, 2.75) is 6.54 Å². The highest BCUT2D eigenvalue weighted by Gasteiger charge is 2.12. The Hall–Kier alpha value is -3.35. The Labute approximate surface area is 137 Å². The number of carbonyl (C=O) groups is 1. The molecular weight excluding hydrogens is 306 g/mol. The van der Waals surface area contributed by atoms with Gasteiger partial charge in [0.05, 0.1) is 18.0 Å². The van der Waals surface area contributed by atoms with Gasteiger partial charge >= 0.3 is 0 Å². The van der Waals surface area contributed by atoms with Gasteiger partial charge in [-0.05, 0) is 23.8 Å². The number of H-pyrrole nitrogens is 1. The number of furan rings is 1. The Kier molecular flexibility index (Phi) is 3.38. The van der Waals surface area contributed by atoms with Crippen molar-refractivity contribution in [2.24, 2.45) is 7.05 Å². The van der Waals surface area contributed by atoms with Gasteiger partial charge in [0.15, 0.2) is 11.5 Å². The third kappa shape index (κ3) is 2.56. The van der Waals surface area contributed by atoms with Gasteiger partial charge in [0.1, 0.15) is 5.69 Å². The first-order chi connectivity index (χ1) is 11.7. The summed E-state index contributed by atoms with van der Waals surface area (Å²) >= 11 is 0. The number of aromatic nitrogens is 4. The standard InChI is InChI=1S/C17H15N5O2/c1-22-15-7-11(4-5-12(15)10-19-22)9-18-17(23)14-8-13(20-21-14)16-3-2-6-24-16/h2-8,10H,9H2,1H3,(H,18,23)(H,20,21). The summed E-state index contributed by atoms with van der Waals surface area (Å²) in [6.07, 6.45) is 3.39. The zero-order valence-corrected chi connectivity index (χ0v) is 13.0. The van der Waals surface area contributed by atoms with Crippen LogP contribution < -0.4 is 5.32 Å². The number of aromatic amines is 1. The fraction of sp³-hybridized carbons (Fsp3) is 0.118. The molecule has 0 aliphatic heterocycles. The number of fused-ring (bicyclic) bond motifs is 1. The fourth-order valence-corrected chi connectivity index (χ4v) is 2.57. The second kappa shape index (κ2) is 5.69. The molecule has 7 nitrogen and oxygen atoms in total. The van der Waals surface area contributed by atoms with Crippen molar-refractivity contribution in [3.8, 4) is 11.5 Å². The topological polar surface area (TPSA) is 88.7 Å². The van der Waals surface area contributed by atoms with Crippen LogP contribution in [0.15, 0.2) is 53.3 Å². The first-order valence-electron chi connectivity index (χ1n) is 7.49. The van der Waals surface area contributed by atoms with Gasteiger partial charge in [0.2, 0.25) is 0 Å². The van der Waals surface area contributed by atoms with Gasteiger partial charge in [-0.15, -0.1) is 0 Å². The van der Waals surface area contributed by atoms with Gasteiger partial charge in [-0.25, -0.2) is 0 Å². The average Bonchev–Trinajstić information content (AvgIpc) is 3.33. The molecule has 1 aromatic carbocycles. The minimum atomic E-state index is -0.242. The summed E-state index contributed by atoms with van der Waals surface area (Å²) in [6, 6.07) is 11.2. The summed E-state index contributed by atoms with van der Waals surface area (Å²) in [4.78, 5) is 12.2. The molecule has 0 saturated carbocycles. The van der Waals surface area contributed by atoms with Crippen LogP contribution in [0.4, 0.5) is 0 Å². The molecule has 3 heterocycles. The number of hydrogen-bond acceptors (Lipinski definition) is 4. The van der Waals surface area contributed by atoms with E-state index in [2.05, 4.69) is 20.6 Å². The Morgan fingerprint density at radius 2 is 2.25 bits per heavy atom. The second-order valence-electron chi connectivity index (χ2n) is 5.49. The molecule has 2 N–H and O–H groups in total. The Morgan fingerprint density at radius 1 is 1.33 bits per heavy atom. The number of benzene rings is 1. The van der Waals surface area contributed by atoms with E-state index in [0.29, 0.717) is 23.7 Å². The maximum absolute atomic E-state index is 12.2. The van der Waals surface area contributed by atoms with Crippen molar-refractivity contribution in [1.29, 1.82) is 0 Å². The molecule has 0 aliphatic rings. The van der Waals surface area contributed by atoms with Gasteiger partial charge < -0.3 is 9.73 Å². The van der Waals surface area contributed by atoms with E-state index < -0.39 is 0 Å². The summed E-state index contributed by atoms with van der Waals surface area (Å²) in [6.45, 7) is 0.420. The summed E-state index contributed by atoms with van der Waals surface area (Å²) in [5, 5.41) is 15.0. The molecule has 3 aromatic heterocycles. The molecule has 0 atom stereocenters. The fourth-order valence-electron chi connectivity index (χ4n) is 2.57. The summed E-state index contributed by atoms with van der Waals surface area (Å²) in [5.41, 5.74) is 3.02. The summed E-state index contributed by atoms with van der Waals surface area (Å²) in [7, 11) is 1.89. The molecule has 24 heavy (non-hydrogen) atoms. The highest BCUT2D eigenvalue weighted by molar-refractivity contribution is 5.93. The Bertz CT molecular complexity index is 997. The number of aryl methyl sites for hydroxylation is 1. The lowest BCUT2D eigenvalue weighted by Crippen LogP contribution is -2.23. The van der Waals surface area contributed by atoms with E-state index in [4.69, 9.17) is 4.42 Å². The zero-order valence-electron chi connectivity index (χ0n) is 13.0. The van der Waals surface area contributed by atoms with Gasteiger partial charge in [0.25, 0.3) is 5.91 Å². The van der Waals surface area contributed by atoms with Crippen molar-refractivity contribution in [3.63, 3.8) is 0 Å². The van der Waals surface area contributed by atoms with E-state index in [0.717, 1.165) is 16.5 Å². The molecule has 0 saturated heterocycles. The van der Waals surface area contributed by atoms with E-state index >= 15 is 0 Å². The predicted molar refractivity (Wildman–Crippen MR) is 88.2 cm³/mol. The molecule has 120 valence electrons. The Morgan fingerprint density at radius 3 is 3.08 bits per heavy atom. The SMILES string of the molecule is Cn1ncc2ccc(CNC(=O)c3cc(-c4ccco4)[nH]n3)cc21. The minimum Gasteiger partial charge on any atom is -0.463 e. The normalized spacial score (nSPS) is 11.0. The number of hydrogen-bond donors (Lipinski definition) is 2. The van der Waals surface area contributed by atoms with Gasteiger partial charge in [-0.3, -0.25) is 14.6 Å². The molecule has 0 spiro atoms. The van der Waals surface area contributed by atoms with Crippen LogP contribution in [0.3, 0.4) is 0 Å². The number of rotatable bonds is 4. The second-order valence-corrected chi connectivity index (χ2v) is 5.49. The lowest BCUT2D eigenvalue weighted by Gasteiger charge is -2.04. The van der Waals surface area contributed by atoms with Crippen molar-refractivity contribution in [3.05, 3.63) is 60.1 Å². The molecule has 4 rings (SSSR count). The van der Waals surface area contributed by atoms with Crippen LogP contribution in [0, 0.1) is 0 Å². The first kappa shape index (κ1) is 14.3. The van der Waals surface area contributed by atoms with Crippen LogP contribution in [0.2, 0.25) is 0 Å². The highest BCUT2D eigenvalue weighted by atomic mass is 16.3. The number of amides is 1. The predicted octanol–water partition coefficient (Wildman–Crippen LogP) is 2.49. The van der Waals surface area contributed by atoms with E-state index in [1.54, 1.807) is 24.5 Å². The van der Waals surface area contributed by atoms with Crippen molar-refractivity contribution in [2.75, 3.05) is 0 Å². The maximum Gasteiger partial charge on any atom is 0.272 e. The highest BCUT2D eigenvalue weighted by Crippen LogP contribution is 2.18. The molecule has 0 radical (unpaired) electrons. The Balaban J connectivity index is 1.46. The monoisotopic (exact) mass is 321 g/mol. The lowest BCUT2D eigenvalue weighted by atomic mass is 10.1. The van der Waals surface area contributed by atoms with E-state index in [1.807, 2.05) is 36.1 Å². The van der Waals surface area contributed by atoms with Crippen molar-refractivity contribution in [1.82, 2.24) is 25.3 Å². The summed E-state index contributed by atoms with van der Waals surface area (Å²) < 4.78 is 7.08. The van der Waals surface area contributed by atoms with Crippen LogP contribution >= 0.6 is 0 Å². The van der Waals surface area contributed by atoms with Gasteiger partial charge in [-0.1, -0.05) is 12.1 Å². The largest absolute Gasteiger partial charge is 0.463 e. The molecule has 0 bridgehead atoms. The van der Waals surface area contributed by atoms with E-state index in [9.17, 15) is 4.79 Å². The van der Waals surface area contributed by atoms with Gasteiger partial charge in [-0.2, -0.15) is 10.2 Å².